The molecule has 0 aliphatic heterocycles. The minimum Gasteiger partial charge on any atom is -0.333 e. The van der Waals surface area contributed by atoms with Crippen molar-refractivity contribution in [2.75, 3.05) is 18.4 Å². The number of carbonyl (C=O) groups is 2. The van der Waals surface area contributed by atoms with Crippen LogP contribution in [0.15, 0.2) is 29.6 Å². The fourth-order valence-electron chi connectivity index (χ4n) is 2.33. The van der Waals surface area contributed by atoms with Crippen molar-refractivity contribution in [2.24, 2.45) is 0 Å². The molecule has 0 aliphatic rings. The fraction of sp³-hybridized carbons (Fsp3) is 0.353. The maximum Gasteiger partial charge on any atom is 0.418 e. The number of nitrogens with zero attached hydrogens (tertiary/aromatic N) is 2. The third-order valence-electron chi connectivity index (χ3n) is 3.57. The zero-order valence-corrected chi connectivity index (χ0v) is 15.1. The molecule has 0 bridgehead atoms. The van der Waals surface area contributed by atoms with E-state index in [1.807, 2.05) is 6.92 Å². The molecule has 0 saturated heterocycles. The summed E-state index contributed by atoms with van der Waals surface area (Å²) in [5.41, 5.74) is -0.650. The second kappa shape index (κ2) is 8.31. The summed E-state index contributed by atoms with van der Waals surface area (Å²) in [5.74, 6) is -0.997. The third kappa shape index (κ3) is 5.29. The molecular weight excluding hydrogens is 367 g/mol. The Balaban J connectivity index is 2.02. The van der Waals surface area contributed by atoms with Crippen LogP contribution in [0.1, 0.15) is 23.2 Å². The summed E-state index contributed by atoms with van der Waals surface area (Å²) >= 11 is 1.42. The predicted molar refractivity (Wildman–Crippen MR) is 92.9 cm³/mol. The Bertz CT molecular complexity index is 790. The summed E-state index contributed by atoms with van der Waals surface area (Å²) in [7, 11) is 0. The van der Waals surface area contributed by atoms with Gasteiger partial charge >= 0.3 is 6.18 Å². The number of para-hydroxylation sites is 1. The lowest BCUT2D eigenvalue weighted by molar-refractivity contribution is -0.137. The number of anilines is 1. The zero-order chi connectivity index (χ0) is 19.3. The van der Waals surface area contributed by atoms with E-state index < -0.39 is 17.6 Å². The molecule has 0 aliphatic carbocycles. The van der Waals surface area contributed by atoms with E-state index in [0.717, 1.165) is 11.1 Å². The van der Waals surface area contributed by atoms with Crippen molar-refractivity contribution >= 4 is 28.8 Å². The summed E-state index contributed by atoms with van der Waals surface area (Å²) in [6.07, 6.45) is -4.53. The van der Waals surface area contributed by atoms with Crippen molar-refractivity contribution in [1.29, 1.82) is 0 Å². The first kappa shape index (κ1) is 19.9. The summed E-state index contributed by atoms with van der Waals surface area (Å²) in [5, 5.41) is 4.83. The van der Waals surface area contributed by atoms with Gasteiger partial charge in [0.15, 0.2) is 0 Å². The standard InChI is InChI=1S/C17H18F3N3O2S/c1-3-23(16(25)8-12-10-26-11(2)21-12)9-15(24)22-14-7-5-4-6-13(14)17(18,19)20/h4-7,10H,3,8-9H2,1-2H3,(H,22,24). The number of benzene rings is 1. The van der Waals surface area contributed by atoms with Crippen LogP contribution in [0.3, 0.4) is 0 Å². The highest BCUT2D eigenvalue weighted by molar-refractivity contribution is 7.09. The molecule has 2 amide bonds. The van der Waals surface area contributed by atoms with Crippen molar-refractivity contribution in [3.63, 3.8) is 0 Å². The number of nitrogens with one attached hydrogen (secondary N) is 1. The van der Waals surface area contributed by atoms with Crippen LogP contribution in [-0.2, 0) is 22.2 Å². The van der Waals surface area contributed by atoms with E-state index in [-0.39, 0.29) is 31.1 Å². The molecule has 2 rings (SSSR count). The summed E-state index contributed by atoms with van der Waals surface area (Å²) in [4.78, 5) is 29.9. The Morgan fingerprint density at radius 3 is 2.54 bits per heavy atom. The molecular formula is C17H18F3N3O2S. The molecule has 0 unspecified atom stereocenters. The van der Waals surface area contributed by atoms with E-state index in [2.05, 4.69) is 10.3 Å². The number of halogens is 3. The minimum absolute atomic E-state index is 0.0462. The SMILES string of the molecule is CCN(CC(=O)Nc1ccccc1C(F)(F)F)C(=O)Cc1csc(C)n1. The van der Waals surface area contributed by atoms with Gasteiger partial charge in [-0.2, -0.15) is 13.2 Å². The quantitative estimate of drug-likeness (QED) is 0.828. The van der Waals surface area contributed by atoms with Crippen molar-refractivity contribution < 1.29 is 22.8 Å². The van der Waals surface area contributed by atoms with Crippen LogP contribution in [0.5, 0.6) is 0 Å². The smallest absolute Gasteiger partial charge is 0.333 e. The van der Waals surface area contributed by atoms with E-state index in [9.17, 15) is 22.8 Å². The highest BCUT2D eigenvalue weighted by atomic mass is 32.1. The summed E-state index contributed by atoms with van der Waals surface area (Å²) < 4.78 is 38.9. The molecule has 140 valence electrons. The lowest BCUT2D eigenvalue weighted by Gasteiger charge is -2.21. The van der Waals surface area contributed by atoms with Gasteiger partial charge in [0.1, 0.15) is 0 Å². The largest absolute Gasteiger partial charge is 0.418 e. The Morgan fingerprint density at radius 1 is 1.27 bits per heavy atom. The van der Waals surface area contributed by atoms with Crippen LogP contribution < -0.4 is 5.32 Å². The van der Waals surface area contributed by atoms with Gasteiger partial charge in [-0.1, -0.05) is 12.1 Å². The lowest BCUT2D eigenvalue weighted by Crippen LogP contribution is -2.39. The molecule has 5 nitrogen and oxygen atoms in total. The Morgan fingerprint density at radius 2 is 1.96 bits per heavy atom. The minimum atomic E-state index is -4.58. The second-order valence-corrected chi connectivity index (χ2v) is 6.60. The number of hydrogen-bond acceptors (Lipinski definition) is 4. The van der Waals surface area contributed by atoms with Gasteiger partial charge < -0.3 is 10.2 Å². The Hall–Kier alpha value is -2.42. The van der Waals surface area contributed by atoms with Crippen LogP contribution in [0.4, 0.5) is 18.9 Å². The lowest BCUT2D eigenvalue weighted by atomic mass is 10.1. The first-order valence-corrected chi connectivity index (χ1v) is 8.73. The molecule has 0 radical (unpaired) electrons. The molecule has 0 fully saturated rings. The van der Waals surface area contributed by atoms with Gasteiger partial charge in [-0.15, -0.1) is 11.3 Å². The molecule has 1 aromatic carbocycles. The Labute approximate surface area is 152 Å². The van der Waals surface area contributed by atoms with E-state index in [1.54, 1.807) is 12.3 Å². The monoisotopic (exact) mass is 385 g/mol. The number of thiazole rings is 1. The van der Waals surface area contributed by atoms with Crippen LogP contribution >= 0.6 is 11.3 Å². The molecule has 26 heavy (non-hydrogen) atoms. The van der Waals surface area contributed by atoms with Gasteiger partial charge in [-0.05, 0) is 26.0 Å². The van der Waals surface area contributed by atoms with E-state index in [4.69, 9.17) is 0 Å². The van der Waals surface area contributed by atoms with Crippen molar-refractivity contribution in [3.8, 4) is 0 Å². The number of aromatic nitrogens is 1. The normalized spacial score (nSPS) is 11.3. The zero-order valence-electron chi connectivity index (χ0n) is 14.3. The van der Waals surface area contributed by atoms with Crippen LogP contribution in [-0.4, -0.2) is 34.8 Å². The molecule has 0 saturated carbocycles. The first-order chi connectivity index (χ1) is 12.2. The number of aryl methyl sites for hydroxylation is 1. The van der Waals surface area contributed by atoms with Gasteiger partial charge in [0.05, 0.1) is 34.9 Å². The average Bonchev–Trinajstić information content (AvgIpc) is 2.97. The molecule has 0 atom stereocenters. The van der Waals surface area contributed by atoms with E-state index in [0.29, 0.717) is 5.69 Å². The van der Waals surface area contributed by atoms with E-state index >= 15 is 0 Å². The third-order valence-corrected chi connectivity index (χ3v) is 4.40. The highest BCUT2D eigenvalue weighted by Crippen LogP contribution is 2.34. The highest BCUT2D eigenvalue weighted by Gasteiger charge is 2.33. The first-order valence-electron chi connectivity index (χ1n) is 7.85. The molecule has 9 heteroatoms. The molecule has 1 aromatic heterocycles. The van der Waals surface area contributed by atoms with Crippen molar-refractivity contribution in [3.05, 3.63) is 45.9 Å². The van der Waals surface area contributed by atoms with Gasteiger partial charge in [0.2, 0.25) is 11.8 Å². The second-order valence-electron chi connectivity index (χ2n) is 5.53. The van der Waals surface area contributed by atoms with E-state index in [1.165, 1.54) is 34.4 Å². The maximum absolute atomic E-state index is 13.0. The average molecular weight is 385 g/mol. The fourth-order valence-corrected chi connectivity index (χ4v) is 2.95. The topological polar surface area (TPSA) is 62.3 Å². The van der Waals surface area contributed by atoms with Crippen molar-refractivity contribution in [2.45, 2.75) is 26.4 Å². The van der Waals surface area contributed by atoms with Crippen LogP contribution in [0, 0.1) is 6.92 Å². The number of carbonyl (C=O) groups excluding carboxylic acids is 2. The number of likely N-dealkylation sites (N-methyl/N-ethyl adjacent to an activating group) is 1. The summed E-state index contributed by atoms with van der Waals surface area (Å²) in [6, 6.07) is 4.72. The Kier molecular flexibility index (Phi) is 6.36. The molecule has 1 heterocycles. The van der Waals surface area contributed by atoms with Gasteiger partial charge in [-0.3, -0.25) is 9.59 Å². The number of hydrogen-bond donors (Lipinski definition) is 1. The van der Waals surface area contributed by atoms with Crippen LogP contribution in [0.2, 0.25) is 0 Å². The summed E-state index contributed by atoms with van der Waals surface area (Å²) in [6.45, 7) is 3.45. The number of rotatable bonds is 6. The molecule has 1 N–H and O–H groups in total. The predicted octanol–water partition coefficient (Wildman–Crippen LogP) is 3.50. The van der Waals surface area contributed by atoms with Crippen molar-refractivity contribution in [1.82, 2.24) is 9.88 Å². The van der Waals surface area contributed by atoms with Gasteiger partial charge in [-0.25, -0.2) is 4.98 Å². The number of amides is 2. The van der Waals surface area contributed by atoms with Gasteiger partial charge in [0, 0.05) is 11.9 Å². The van der Waals surface area contributed by atoms with Crippen LogP contribution in [0.25, 0.3) is 0 Å². The van der Waals surface area contributed by atoms with Gasteiger partial charge in [0.25, 0.3) is 0 Å². The number of alkyl halides is 3. The molecule has 0 spiro atoms. The maximum atomic E-state index is 13.0. The molecule has 2 aromatic rings.